The van der Waals surface area contributed by atoms with E-state index in [-0.39, 0.29) is 32.5 Å². The van der Waals surface area contributed by atoms with Crippen LogP contribution in [0.1, 0.15) is 63.3 Å². The number of fused-ring (bicyclic) bond motifs is 3. The summed E-state index contributed by atoms with van der Waals surface area (Å²) in [6.45, 7) is 5.35. The molecule has 14 heteroatoms. The highest BCUT2D eigenvalue weighted by molar-refractivity contribution is 6.38. The first-order valence-corrected chi connectivity index (χ1v) is 17.1. The summed E-state index contributed by atoms with van der Waals surface area (Å²) in [7, 11) is 2.94. The number of aromatic nitrogens is 1. The van der Waals surface area contributed by atoms with Crippen LogP contribution in [0.4, 0.5) is 4.79 Å². The van der Waals surface area contributed by atoms with Crippen molar-refractivity contribution in [1.82, 2.24) is 20.1 Å². The quantitative estimate of drug-likeness (QED) is 0.160. The number of H-pyrrole nitrogens is 1. The number of hydrogen-bond acceptors (Lipinski definition) is 6. The topological polar surface area (TPSA) is 167 Å². The SMILES string of the molecule is CCCCN(CC(N)=O)C(=O)C1(NC(=O)[C@H](C(C)CC)N(Cc2cccc(OC)c2OC)C(=O)O)CCc2[nH]c3c(Cl)cc(Cl)cc3c2C1. The van der Waals surface area contributed by atoms with E-state index < -0.39 is 41.3 Å². The van der Waals surface area contributed by atoms with Crippen LogP contribution in [-0.2, 0) is 33.8 Å². The van der Waals surface area contributed by atoms with Gasteiger partial charge in [-0.3, -0.25) is 19.3 Å². The summed E-state index contributed by atoms with van der Waals surface area (Å²) in [6, 6.07) is 7.30. The molecule has 0 bridgehead atoms. The number of halogens is 2. The maximum absolute atomic E-state index is 14.7. The first-order chi connectivity index (χ1) is 23.3. The highest BCUT2D eigenvalue weighted by atomic mass is 35.5. The molecule has 4 rings (SSSR count). The number of carbonyl (C=O) groups excluding carboxylic acids is 3. The van der Waals surface area contributed by atoms with Crippen molar-refractivity contribution in [2.45, 2.75) is 77.4 Å². The van der Waals surface area contributed by atoms with Crippen molar-refractivity contribution < 1.29 is 33.8 Å². The largest absolute Gasteiger partial charge is 0.493 e. The number of nitrogens with one attached hydrogen (secondary N) is 2. The fourth-order valence-corrected chi connectivity index (χ4v) is 7.23. The number of primary amides is 1. The Morgan fingerprint density at radius 1 is 1.14 bits per heavy atom. The number of amides is 4. The molecule has 0 saturated heterocycles. The molecule has 1 heterocycles. The number of para-hydroxylation sites is 1. The molecular formula is C35H45Cl2N5O7. The van der Waals surface area contributed by atoms with Crippen molar-refractivity contribution in [3.05, 3.63) is 57.2 Å². The van der Waals surface area contributed by atoms with Crippen LogP contribution in [0.25, 0.3) is 10.9 Å². The molecule has 0 saturated carbocycles. The van der Waals surface area contributed by atoms with Crippen LogP contribution in [0.15, 0.2) is 30.3 Å². The molecule has 3 atom stereocenters. The van der Waals surface area contributed by atoms with E-state index in [0.717, 1.165) is 22.6 Å². The standard InChI is InChI=1S/C35H45Cl2N5O7/c1-6-8-14-41(19-28(38)43)33(45)35(13-12-26-24(17-35)23-15-22(36)16-25(37)29(23)39-26)40-32(44)30(20(3)7-2)42(34(46)47)18-21-10-9-11-27(48-4)31(21)49-5/h9-11,15-16,20,30,39H,6-8,12-14,17-19H2,1-5H3,(H2,38,43)(H,40,44)(H,46,47)/t20?,30-,35?/m0/s1. The molecule has 1 aliphatic rings. The summed E-state index contributed by atoms with van der Waals surface area (Å²) >= 11 is 12.9. The van der Waals surface area contributed by atoms with E-state index in [9.17, 15) is 24.3 Å². The first-order valence-electron chi connectivity index (χ1n) is 16.4. The van der Waals surface area contributed by atoms with Gasteiger partial charge in [-0.2, -0.15) is 0 Å². The Morgan fingerprint density at radius 3 is 2.49 bits per heavy atom. The zero-order chi connectivity index (χ0) is 36.0. The maximum atomic E-state index is 14.7. The van der Waals surface area contributed by atoms with Gasteiger partial charge in [0.05, 0.1) is 37.8 Å². The molecule has 2 unspecified atom stereocenters. The lowest BCUT2D eigenvalue weighted by Crippen LogP contribution is -2.66. The number of ether oxygens (including phenoxy) is 2. The predicted molar refractivity (Wildman–Crippen MR) is 188 cm³/mol. The Balaban J connectivity index is 1.82. The van der Waals surface area contributed by atoms with Gasteiger partial charge in [-0.15, -0.1) is 0 Å². The van der Waals surface area contributed by atoms with Crippen molar-refractivity contribution in [2.24, 2.45) is 11.7 Å². The van der Waals surface area contributed by atoms with Crippen LogP contribution >= 0.6 is 23.2 Å². The van der Waals surface area contributed by atoms with Crippen molar-refractivity contribution in [2.75, 3.05) is 27.3 Å². The normalized spacial score (nSPS) is 16.7. The molecule has 0 aliphatic heterocycles. The second-order valence-corrected chi connectivity index (χ2v) is 13.4. The van der Waals surface area contributed by atoms with E-state index in [4.69, 9.17) is 38.4 Å². The Kier molecular flexibility index (Phi) is 12.3. The highest BCUT2D eigenvalue weighted by Crippen LogP contribution is 2.39. The smallest absolute Gasteiger partial charge is 0.408 e. The summed E-state index contributed by atoms with van der Waals surface area (Å²) in [5.41, 5.74) is 6.82. The molecule has 5 N–H and O–H groups in total. The van der Waals surface area contributed by atoms with Crippen LogP contribution in [0.5, 0.6) is 11.5 Å². The molecule has 0 radical (unpaired) electrons. The third kappa shape index (κ3) is 8.02. The maximum Gasteiger partial charge on any atom is 0.408 e. The summed E-state index contributed by atoms with van der Waals surface area (Å²) in [5, 5.41) is 15.1. The molecule has 1 aromatic heterocycles. The van der Waals surface area contributed by atoms with Crippen molar-refractivity contribution >= 4 is 57.9 Å². The number of unbranched alkanes of at least 4 members (excludes halogenated alkanes) is 1. The van der Waals surface area contributed by atoms with E-state index >= 15 is 0 Å². The molecule has 1 aliphatic carbocycles. The van der Waals surface area contributed by atoms with Gasteiger partial charge in [0.15, 0.2) is 11.5 Å². The Morgan fingerprint density at radius 2 is 1.88 bits per heavy atom. The third-order valence-corrected chi connectivity index (χ3v) is 9.86. The number of hydrogen-bond donors (Lipinski definition) is 4. The number of nitrogens with two attached hydrogens (primary N) is 1. The van der Waals surface area contributed by atoms with E-state index in [1.807, 2.05) is 13.8 Å². The predicted octanol–water partition coefficient (Wildman–Crippen LogP) is 5.54. The molecule has 49 heavy (non-hydrogen) atoms. The van der Waals surface area contributed by atoms with Gasteiger partial charge in [0.1, 0.15) is 11.6 Å². The van der Waals surface area contributed by atoms with Crippen molar-refractivity contribution in [3.8, 4) is 11.5 Å². The Bertz CT molecular complexity index is 1710. The second kappa shape index (κ2) is 16.0. The number of rotatable bonds is 15. The first kappa shape index (κ1) is 37.7. The summed E-state index contributed by atoms with van der Waals surface area (Å²) in [4.78, 5) is 60.3. The molecular weight excluding hydrogens is 673 g/mol. The minimum atomic E-state index is -1.54. The second-order valence-electron chi connectivity index (χ2n) is 12.6. The van der Waals surface area contributed by atoms with E-state index in [2.05, 4.69) is 10.3 Å². The van der Waals surface area contributed by atoms with E-state index in [0.29, 0.717) is 57.3 Å². The lowest BCUT2D eigenvalue weighted by atomic mass is 9.77. The molecule has 4 amide bonds. The molecule has 0 fully saturated rings. The number of nitrogens with zero attached hydrogens (tertiary/aromatic N) is 2. The number of aryl methyl sites for hydroxylation is 1. The monoisotopic (exact) mass is 717 g/mol. The van der Waals surface area contributed by atoms with E-state index in [1.54, 1.807) is 37.3 Å². The van der Waals surface area contributed by atoms with Crippen molar-refractivity contribution in [1.29, 1.82) is 0 Å². The van der Waals surface area contributed by atoms with E-state index in [1.165, 1.54) is 19.1 Å². The Hall–Kier alpha value is -4.16. The lowest BCUT2D eigenvalue weighted by molar-refractivity contribution is -0.146. The van der Waals surface area contributed by atoms with Crippen LogP contribution in [0.3, 0.4) is 0 Å². The summed E-state index contributed by atoms with van der Waals surface area (Å²) in [6.07, 6.45) is 1.09. The van der Waals surface area contributed by atoms with Gasteiger partial charge >= 0.3 is 6.09 Å². The van der Waals surface area contributed by atoms with Gasteiger partial charge in [-0.25, -0.2) is 4.79 Å². The minimum absolute atomic E-state index is 0.0506. The van der Waals surface area contributed by atoms with Crippen LogP contribution < -0.4 is 20.5 Å². The number of aromatic amines is 1. The van der Waals surface area contributed by atoms with Crippen molar-refractivity contribution in [3.63, 3.8) is 0 Å². The molecule has 2 aromatic carbocycles. The fourth-order valence-electron chi connectivity index (χ4n) is 6.69. The highest BCUT2D eigenvalue weighted by Gasteiger charge is 2.48. The van der Waals surface area contributed by atoms with Gasteiger partial charge in [0, 0.05) is 34.6 Å². The van der Waals surface area contributed by atoms with Gasteiger partial charge < -0.3 is 35.5 Å². The lowest BCUT2D eigenvalue weighted by Gasteiger charge is -2.42. The Labute approximate surface area is 296 Å². The summed E-state index contributed by atoms with van der Waals surface area (Å²) < 4.78 is 11.0. The zero-order valence-electron chi connectivity index (χ0n) is 28.5. The molecule has 3 aromatic rings. The van der Waals surface area contributed by atoms with Gasteiger partial charge in [-0.05, 0) is 48.9 Å². The van der Waals surface area contributed by atoms with Crippen LogP contribution in [0, 0.1) is 5.92 Å². The third-order valence-electron chi connectivity index (χ3n) is 9.35. The minimum Gasteiger partial charge on any atom is -0.493 e. The number of carbonyl (C=O) groups is 4. The molecule has 12 nitrogen and oxygen atoms in total. The van der Waals surface area contributed by atoms with Crippen LogP contribution in [0.2, 0.25) is 10.0 Å². The zero-order valence-corrected chi connectivity index (χ0v) is 30.0. The van der Waals surface area contributed by atoms with Gasteiger partial charge in [0.25, 0.3) is 0 Å². The molecule has 266 valence electrons. The number of carboxylic acid groups (broad SMARTS) is 1. The van der Waals surface area contributed by atoms with Gasteiger partial charge in [-0.1, -0.05) is 68.9 Å². The molecule has 0 spiro atoms. The van der Waals surface area contributed by atoms with Gasteiger partial charge in [0.2, 0.25) is 17.7 Å². The fraction of sp³-hybridized carbons (Fsp3) is 0.486. The average molecular weight is 719 g/mol. The average Bonchev–Trinajstić information content (AvgIpc) is 3.43. The summed E-state index contributed by atoms with van der Waals surface area (Å²) in [5.74, 6) is -1.48. The van der Waals surface area contributed by atoms with Crippen LogP contribution in [-0.4, -0.2) is 82.6 Å². The number of methoxy groups -OCH3 is 2. The number of benzene rings is 2.